The number of benzene rings is 3. The van der Waals surface area contributed by atoms with Gasteiger partial charge in [-0.05, 0) is 25.0 Å². The fourth-order valence-corrected chi connectivity index (χ4v) is 11.1. The Bertz CT molecular complexity index is 842. The number of rotatable bonds is 5. The summed E-state index contributed by atoms with van der Waals surface area (Å²) in [7, 11) is 0. The van der Waals surface area contributed by atoms with E-state index in [1.165, 1.54) is 23.7 Å². The fourth-order valence-electron chi connectivity index (χ4n) is 2.18. The molecule has 0 saturated carbocycles. The van der Waals surface area contributed by atoms with E-state index >= 15 is 0 Å². The molecule has 0 fully saturated rings. The molecule has 0 amide bonds. The number of carboxylic acid groups (broad SMARTS) is 2. The molecule has 0 spiro atoms. The molecule has 0 aliphatic rings. The molecule has 0 aliphatic heterocycles. The quantitative estimate of drug-likeness (QED) is 0.317. The molecule has 0 bridgehead atoms. The molecule has 158 valence electrons. The Labute approximate surface area is 191 Å². The second kappa shape index (κ2) is 14.1. The van der Waals surface area contributed by atoms with Crippen LogP contribution in [0.15, 0.2) is 115 Å². The molecule has 0 aliphatic carbocycles. The Morgan fingerprint density at radius 3 is 0.935 bits per heavy atom. The summed E-state index contributed by atoms with van der Waals surface area (Å²) in [4.78, 5) is 19.0. The van der Waals surface area contributed by atoms with E-state index in [2.05, 4.69) is 104 Å². The minimum absolute atomic E-state index is 0.0648. The van der Waals surface area contributed by atoms with Crippen molar-refractivity contribution in [3.8, 4) is 0 Å². The van der Waals surface area contributed by atoms with Crippen LogP contribution in [-0.2, 0) is 9.59 Å². The zero-order chi connectivity index (χ0) is 23.2. The summed E-state index contributed by atoms with van der Waals surface area (Å²) in [6, 6.07) is 33.0. The van der Waals surface area contributed by atoms with E-state index in [1.54, 1.807) is 0 Å². The summed E-state index contributed by atoms with van der Waals surface area (Å²) < 4.78 is 4.61. The molecule has 0 saturated heterocycles. The number of carbonyl (C=O) groups is 2. The van der Waals surface area contributed by atoms with E-state index in [-0.39, 0.29) is 11.1 Å². The van der Waals surface area contributed by atoms with E-state index in [4.69, 9.17) is 0 Å². The van der Waals surface area contributed by atoms with Gasteiger partial charge in [0.1, 0.15) is 0 Å². The summed E-state index contributed by atoms with van der Waals surface area (Å²) >= 11 is -2.06. The van der Waals surface area contributed by atoms with E-state index in [0.29, 0.717) is 0 Å². The maximum atomic E-state index is 9.49. The van der Waals surface area contributed by atoms with Gasteiger partial charge in [0.05, 0.1) is 11.9 Å². The van der Waals surface area contributed by atoms with Gasteiger partial charge in [-0.25, -0.2) is 0 Å². The van der Waals surface area contributed by atoms with E-state index in [9.17, 15) is 19.8 Å². The van der Waals surface area contributed by atoms with Crippen LogP contribution in [-0.4, -0.2) is 33.7 Å². The third-order valence-electron chi connectivity index (χ3n) is 3.74. The summed E-state index contributed by atoms with van der Waals surface area (Å²) in [6.45, 7) is 8.95. The van der Waals surface area contributed by atoms with Gasteiger partial charge in [0.25, 0.3) is 0 Å². The van der Waals surface area contributed by atoms with Crippen molar-refractivity contribution in [1.82, 2.24) is 0 Å². The average Bonchev–Trinajstić information content (AvgIpc) is 2.77. The third kappa shape index (κ3) is 10.0. The molecule has 0 aromatic heterocycles. The first-order valence-electron chi connectivity index (χ1n) is 9.43. The molecule has 0 radical (unpaired) electrons. The predicted octanol–water partition coefficient (Wildman–Crippen LogP) is 0.828. The summed E-state index contributed by atoms with van der Waals surface area (Å²) in [5, 5.41) is 19.0. The summed E-state index contributed by atoms with van der Waals surface area (Å²) in [6.07, 6.45) is 0. The van der Waals surface area contributed by atoms with Gasteiger partial charge < -0.3 is 19.8 Å². The zero-order valence-corrected chi connectivity index (χ0v) is 21.1. The molecule has 5 heteroatoms. The zero-order valence-electron chi connectivity index (χ0n) is 17.7. The van der Waals surface area contributed by atoms with Crippen LogP contribution in [0.1, 0.15) is 13.8 Å². The number of hydrogen-bond acceptors (Lipinski definition) is 4. The Hall–Kier alpha value is -3.04. The van der Waals surface area contributed by atoms with Crippen LogP contribution in [0.3, 0.4) is 0 Å². The number of aliphatic carboxylic acids is 2. The van der Waals surface area contributed by atoms with Gasteiger partial charge in [-0.2, -0.15) is 0 Å². The summed E-state index contributed by atoms with van der Waals surface area (Å²) in [5.41, 5.74) is 0.130. The van der Waals surface area contributed by atoms with Crippen LogP contribution in [0.5, 0.6) is 0 Å². The molecule has 3 rings (SSSR count). The normalized spacial score (nSPS) is 9.10. The van der Waals surface area contributed by atoms with Crippen molar-refractivity contribution >= 4 is 43.5 Å². The Morgan fingerprint density at radius 1 is 0.581 bits per heavy atom. The van der Waals surface area contributed by atoms with Gasteiger partial charge in [-0.15, -0.1) is 0 Å². The molecule has 3 aromatic rings. The van der Waals surface area contributed by atoms with Crippen LogP contribution in [0, 0.1) is 0 Å². The van der Waals surface area contributed by atoms with Crippen LogP contribution >= 0.6 is 0 Å². The second-order valence-electron chi connectivity index (χ2n) is 6.48. The Morgan fingerprint density at radius 2 is 0.774 bits per heavy atom. The van der Waals surface area contributed by atoms with Gasteiger partial charge >= 0.3 is 123 Å². The van der Waals surface area contributed by atoms with Gasteiger partial charge in [0, 0.05) is 0 Å². The molecule has 4 nitrogen and oxygen atoms in total. The van der Waals surface area contributed by atoms with E-state index < -0.39 is 33.7 Å². The van der Waals surface area contributed by atoms with Gasteiger partial charge in [0.15, 0.2) is 0 Å². The van der Waals surface area contributed by atoms with Crippen LogP contribution in [0.2, 0.25) is 0 Å². The standard InChI is InChI=1S/3C6H5.2C4H6O2.Bi/c3*1-2-4-6-5-3-1;2*1-3(2)4(5)6;/h3*1-5H;2*1H2,2H3,(H,5,6);/q;;;;;+2/p-2. The first-order chi connectivity index (χ1) is 14.7. The number of carboxylic acids is 2. The van der Waals surface area contributed by atoms with Crippen molar-refractivity contribution in [2.45, 2.75) is 13.8 Å². The van der Waals surface area contributed by atoms with Crippen molar-refractivity contribution in [1.29, 1.82) is 0 Å². The van der Waals surface area contributed by atoms with Crippen LogP contribution < -0.4 is 20.0 Å². The molecule has 0 unspecified atom stereocenters. The van der Waals surface area contributed by atoms with E-state index in [0.717, 1.165) is 0 Å². The Kier molecular flexibility index (Phi) is 11.8. The molecule has 0 heterocycles. The van der Waals surface area contributed by atoms with Crippen molar-refractivity contribution in [2.75, 3.05) is 0 Å². The Balaban J connectivity index is 0.000000333. The molecular weight excluding hydrogens is 585 g/mol. The van der Waals surface area contributed by atoms with Crippen LogP contribution in [0.25, 0.3) is 0 Å². The SMILES string of the molecule is C=C(C)C(=O)[O-].C=C(C)C(=O)[O-].c1cc[c]([Bi+2]([c]2ccccc2)[c]2ccccc2)cc1. The molecule has 3 aromatic carbocycles. The second-order valence-corrected chi connectivity index (χ2v) is 15.1. The molecule has 31 heavy (non-hydrogen) atoms. The maximum absolute atomic E-state index is 9.49. The van der Waals surface area contributed by atoms with Gasteiger partial charge in [-0.1, -0.05) is 13.2 Å². The average molecular weight is 610 g/mol. The fraction of sp³-hybridized carbons (Fsp3) is 0.0769. The molecule has 0 atom stereocenters. The minimum atomic E-state index is -2.06. The van der Waals surface area contributed by atoms with Crippen molar-refractivity contribution in [3.63, 3.8) is 0 Å². The van der Waals surface area contributed by atoms with Crippen molar-refractivity contribution < 1.29 is 19.8 Å². The van der Waals surface area contributed by atoms with Crippen molar-refractivity contribution in [3.05, 3.63) is 115 Å². The first kappa shape index (κ1) is 26.0. The summed E-state index contributed by atoms with van der Waals surface area (Å²) in [5.74, 6) is -2.37. The number of hydrogen-bond donors (Lipinski definition) is 0. The van der Waals surface area contributed by atoms with Crippen LogP contribution in [0.4, 0.5) is 0 Å². The van der Waals surface area contributed by atoms with Crippen molar-refractivity contribution in [2.24, 2.45) is 0 Å². The monoisotopic (exact) mass is 610 g/mol. The van der Waals surface area contributed by atoms with Gasteiger partial charge in [-0.3, -0.25) is 0 Å². The number of carbonyl (C=O) groups excluding carboxylic acids is 2. The van der Waals surface area contributed by atoms with E-state index in [1.807, 2.05) is 0 Å². The predicted molar refractivity (Wildman–Crippen MR) is 124 cm³/mol. The third-order valence-corrected chi connectivity index (χ3v) is 13.2. The topological polar surface area (TPSA) is 80.3 Å². The first-order valence-corrected chi connectivity index (χ1v) is 14.6. The molecular formula is C26H25BiO4. The van der Waals surface area contributed by atoms with Gasteiger partial charge in [0.2, 0.25) is 0 Å². The molecule has 0 N–H and O–H groups in total.